The molecule has 1 spiro atoms. The van der Waals surface area contributed by atoms with Gasteiger partial charge in [0.15, 0.2) is 0 Å². The third-order valence-electron chi connectivity index (χ3n) is 11.6. The Labute approximate surface area is 266 Å². The second kappa shape index (κ2) is 8.75. The molecular weight excluding hydrogens is 547 g/mol. The molecule has 3 heteroatoms. The SMILES string of the molecule is CC1(C)c2ccccc2-c2cc3c(cc21)-c1ccccc1C31c2ccccc2C=Cc2ccc(B3OC(C)(C)C(C)(C)O3)cc21. The molecule has 45 heavy (non-hydrogen) atoms. The summed E-state index contributed by atoms with van der Waals surface area (Å²) in [6, 6.07) is 38.9. The van der Waals surface area contributed by atoms with E-state index in [1.54, 1.807) is 0 Å². The van der Waals surface area contributed by atoms with Crippen molar-refractivity contribution < 1.29 is 9.31 Å². The van der Waals surface area contributed by atoms with Crippen molar-refractivity contribution >= 4 is 24.7 Å². The van der Waals surface area contributed by atoms with Crippen molar-refractivity contribution in [3.05, 3.63) is 148 Å². The molecule has 2 nitrogen and oxygen atoms in total. The molecule has 0 amide bonds. The van der Waals surface area contributed by atoms with E-state index in [4.69, 9.17) is 9.31 Å². The minimum atomic E-state index is -0.516. The van der Waals surface area contributed by atoms with E-state index in [-0.39, 0.29) is 5.41 Å². The topological polar surface area (TPSA) is 18.5 Å². The van der Waals surface area contributed by atoms with Gasteiger partial charge in [-0.25, -0.2) is 0 Å². The average molecular weight is 585 g/mol. The van der Waals surface area contributed by atoms with E-state index >= 15 is 0 Å². The minimum Gasteiger partial charge on any atom is -0.399 e. The Morgan fingerprint density at radius 3 is 1.69 bits per heavy atom. The molecule has 4 aliphatic rings. The Morgan fingerprint density at radius 2 is 0.978 bits per heavy atom. The maximum Gasteiger partial charge on any atom is 0.494 e. The highest BCUT2D eigenvalue weighted by atomic mass is 16.7. The van der Waals surface area contributed by atoms with Gasteiger partial charge in [0, 0.05) is 5.41 Å². The fraction of sp³-hybridized carbons (Fsp3) is 0.238. The lowest BCUT2D eigenvalue weighted by Gasteiger charge is -2.36. The molecule has 1 fully saturated rings. The Bertz CT molecular complexity index is 2100. The summed E-state index contributed by atoms with van der Waals surface area (Å²) >= 11 is 0. The van der Waals surface area contributed by atoms with Gasteiger partial charge in [-0.15, -0.1) is 0 Å². The molecule has 0 aromatic heterocycles. The molecule has 5 aromatic rings. The third-order valence-corrected chi connectivity index (χ3v) is 11.6. The van der Waals surface area contributed by atoms with Crippen molar-refractivity contribution in [1.29, 1.82) is 0 Å². The van der Waals surface area contributed by atoms with E-state index in [0.29, 0.717) is 0 Å². The van der Waals surface area contributed by atoms with Crippen LogP contribution in [0.5, 0.6) is 0 Å². The van der Waals surface area contributed by atoms with E-state index in [9.17, 15) is 0 Å². The lowest BCUT2D eigenvalue weighted by atomic mass is 9.64. The predicted molar refractivity (Wildman–Crippen MR) is 186 cm³/mol. The average Bonchev–Trinajstić information content (AvgIpc) is 3.48. The van der Waals surface area contributed by atoms with Crippen molar-refractivity contribution in [2.45, 2.75) is 63.6 Å². The molecule has 0 bridgehead atoms. The Morgan fingerprint density at radius 1 is 0.444 bits per heavy atom. The smallest absolute Gasteiger partial charge is 0.399 e. The quantitative estimate of drug-likeness (QED) is 0.179. The van der Waals surface area contributed by atoms with Gasteiger partial charge in [-0.1, -0.05) is 117 Å². The fourth-order valence-electron chi connectivity index (χ4n) is 8.53. The first kappa shape index (κ1) is 27.2. The van der Waals surface area contributed by atoms with Crippen LogP contribution in [0.1, 0.15) is 86.1 Å². The molecule has 3 aliphatic carbocycles. The van der Waals surface area contributed by atoms with Crippen LogP contribution in [0.4, 0.5) is 0 Å². The van der Waals surface area contributed by atoms with Gasteiger partial charge < -0.3 is 9.31 Å². The number of rotatable bonds is 1. The maximum atomic E-state index is 6.61. The van der Waals surface area contributed by atoms with Gasteiger partial charge in [-0.3, -0.25) is 0 Å². The molecule has 0 N–H and O–H groups in total. The van der Waals surface area contributed by atoms with Gasteiger partial charge in [0.05, 0.1) is 16.6 Å². The molecule has 0 saturated carbocycles. The van der Waals surface area contributed by atoms with Gasteiger partial charge in [-0.05, 0) is 112 Å². The van der Waals surface area contributed by atoms with E-state index in [2.05, 4.69) is 157 Å². The predicted octanol–water partition coefficient (Wildman–Crippen LogP) is 9.14. The molecule has 1 heterocycles. The van der Waals surface area contributed by atoms with Crippen LogP contribution in [0.3, 0.4) is 0 Å². The highest BCUT2D eigenvalue weighted by Crippen LogP contribution is 2.61. The number of hydrogen-bond donors (Lipinski definition) is 0. The summed E-state index contributed by atoms with van der Waals surface area (Å²) in [7, 11) is -0.441. The largest absolute Gasteiger partial charge is 0.494 e. The standard InChI is InChI=1S/C42H37BO2/c1-39(2)34-17-11-8-14-29(34)31-25-38-32(24-37(31)39)30-15-9-12-18-35(30)42(38)33-16-10-7-13-26(33)19-20-27-21-22-28(23-36(27)42)43-44-40(3,4)41(5,6)45-43/h7-25H,1-6H3. The first-order valence-corrected chi connectivity index (χ1v) is 16.2. The number of fused-ring (bicyclic) bond motifs is 12. The van der Waals surface area contributed by atoms with E-state index in [0.717, 1.165) is 5.46 Å². The fourth-order valence-corrected chi connectivity index (χ4v) is 8.53. The van der Waals surface area contributed by atoms with Crippen LogP contribution >= 0.6 is 0 Å². The molecule has 1 unspecified atom stereocenters. The van der Waals surface area contributed by atoms with Crippen LogP contribution in [-0.4, -0.2) is 18.3 Å². The Kier molecular flexibility index (Phi) is 5.28. The highest BCUT2D eigenvalue weighted by molar-refractivity contribution is 6.62. The van der Waals surface area contributed by atoms with Crippen LogP contribution in [0.15, 0.2) is 103 Å². The zero-order chi connectivity index (χ0) is 30.9. The maximum absolute atomic E-state index is 6.61. The van der Waals surface area contributed by atoms with Crippen molar-refractivity contribution in [2.75, 3.05) is 0 Å². The van der Waals surface area contributed by atoms with Gasteiger partial charge in [0.25, 0.3) is 0 Å². The van der Waals surface area contributed by atoms with E-state index in [1.807, 2.05) is 0 Å². The van der Waals surface area contributed by atoms with Crippen molar-refractivity contribution in [3.8, 4) is 22.3 Å². The summed E-state index contributed by atoms with van der Waals surface area (Å²) in [5, 5.41) is 0. The van der Waals surface area contributed by atoms with Gasteiger partial charge in [0.2, 0.25) is 0 Å². The molecule has 1 atom stereocenters. The number of benzene rings is 5. The summed E-state index contributed by atoms with van der Waals surface area (Å²) in [6.45, 7) is 13.2. The third kappa shape index (κ3) is 3.38. The van der Waals surface area contributed by atoms with Gasteiger partial charge in [-0.2, -0.15) is 0 Å². The Balaban J connectivity index is 1.39. The van der Waals surface area contributed by atoms with Gasteiger partial charge >= 0.3 is 7.12 Å². The first-order chi connectivity index (χ1) is 21.5. The second-order valence-corrected chi connectivity index (χ2v) is 14.8. The summed E-state index contributed by atoms with van der Waals surface area (Å²) in [5.41, 5.74) is 15.5. The van der Waals surface area contributed by atoms with E-state index in [1.165, 1.54) is 66.8 Å². The van der Waals surface area contributed by atoms with Crippen LogP contribution in [0.25, 0.3) is 34.4 Å². The molecule has 9 rings (SSSR count). The molecular formula is C42H37BO2. The summed E-state index contributed by atoms with van der Waals surface area (Å²) in [4.78, 5) is 0. The normalized spacial score (nSPS) is 21.9. The zero-order valence-electron chi connectivity index (χ0n) is 26.9. The monoisotopic (exact) mass is 584 g/mol. The molecule has 1 saturated heterocycles. The minimum absolute atomic E-state index is 0.0730. The van der Waals surface area contributed by atoms with Crippen molar-refractivity contribution in [1.82, 2.24) is 0 Å². The van der Waals surface area contributed by atoms with Crippen molar-refractivity contribution in [3.63, 3.8) is 0 Å². The Hall–Kier alpha value is -4.18. The van der Waals surface area contributed by atoms with Gasteiger partial charge in [0.1, 0.15) is 0 Å². The lowest BCUT2D eigenvalue weighted by molar-refractivity contribution is 0.00578. The summed E-state index contributed by atoms with van der Waals surface area (Å²) in [5.74, 6) is 0. The summed E-state index contributed by atoms with van der Waals surface area (Å²) in [6.07, 6.45) is 4.59. The zero-order valence-corrected chi connectivity index (χ0v) is 26.9. The van der Waals surface area contributed by atoms with Crippen molar-refractivity contribution in [2.24, 2.45) is 0 Å². The molecule has 220 valence electrons. The highest BCUT2D eigenvalue weighted by Gasteiger charge is 2.54. The van der Waals surface area contributed by atoms with Crippen LogP contribution < -0.4 is 5.46 Å². The van der Waals surface area contributed by atoms with E-state index < -0.39 is 23.7 Å². The van der Waals surface area contributed by atoms with Crippen LogP contribution in [0, 0.1) is 0 Å². The lowest BCUT2D eigenvalue weighted by Crippen LogP contribution is -2.41. The second-order valence-electron chi connectivity index (χ2n) is 14.8. The van der Waals surface area contributed by atoms with Crippen LogP contribution in [0.2, 0.25) is 0 Å². The number of hydrogen-bond acceptors (Lipinski definition) is 2. The summed E-state index contributed by atoms with van der Waals surface area (Å²) < 4.78 is 13.2. The molecule has 5 aromatic carbocycles. The molecule has 0 radical (unpaired) electrons. The van der Waals surface area contributed by atoms with Crippen LogP contribution in [-0.2, 0) is 20.1 Å². The molecule has 1 aliphatic heterocycles. The first-order valence-electron chi connectivity index (χ1n) is 16.2.